The number of hydrogen-bond donors (Lipinski definition) is 1. The Bertz CT molecular complexity index is 328. The molecular weight excluding hydrogens is 224 g/mol. The summed E-state index contributed by atoms with van der Waals surface area (Å²) in [6.45, 7) is 3.72. The molecular formula is C12H17ClN2O. The van der Waals surface area contributed by atoms with Crippen molar-refractivity contribution in [1.29, 1.82) is 0 Å². The Labute approximate surface area is 101 Å². The Hall–Kier alpha value is -0.770. The lowest BCUT2D eigenvalue weighted by atomic mass is 10.3. The number of nitrogens with two attached hydrogens (primary N) is 1. The number of halogens is 1. The molecule has 0 bridgehead atoms. The minimum atomic E-state index is 0.343. The summed E-state index contributed by atoms with van der Waals surface area (Å²) in [6, 6.07) is 7.79. The number of benzene rings is 1. The largest absolute Gasteiger partial charge is 0.492 e. The molecule has 0 spiro atoms. The molecule has 1 heterocycles. The van der Waals surface area contributed by atoms with Gasteiger partial charge in [-0.05, 0) is 37.2 Å². The van der Waals surface area contributed by atoms with E-state index in [0.29, 0.717) is 12.6 Å². The summed E-state index contributed by atoms with van der Waals surface area (Å²) in [4.78, 5) is 2.33. The van der Waals surface area contributed by atoms with Crippen LogP contribution < -0.4 is 10.5 Å². The van der Waals surface area contributed by atoms with Crippen LogP contribution in [0.15, 0.2) is 24.3 Å². The minimum Gasteiger partial charge on any atom is -0.492 e. The van der Waals surface area contributed by atoms with Gasteiger partial charge in [-0.15, -0.1) is 0 Å². The van der Waals surface area contributed by atoms with Crippen molar-refractivity contribution in [1.82, 2.24) is 4.90 Å². The van der Waals surface area contributed by atoms with E-state index in [9.17, 15) is 0 Å². The van der Waals surface area contributed by atoms with Gasteiger partial charge in [-0.25, -0.2) is 0 Å². The number of ether oxygens (including phenoxy) is 1. The summed E-state index contributed by atoms with van der Waals surface area (Å²) >= 11 is 5.79. The Morgan fingerprint density at radius 1 is 1.38 bits per heavy atom. The second-order valence-corrected chi connectivity index (χ2v) is 4.59. The van der Waals surface area contributed by atoms with E-state index < -0.39 is 0 Å². The molecule has 0 saturated carbocycles. The van der Waals surface area contributed by atoms with Crippen LogP contribution >= 0.6 is 11.6 Å². The summed E-state index contributed by atoms with van der Waals surface area (Å²) in [7, 11) is 0. The zero-order chi connectivity index (χ0) is 11.4. The summed E-state index contributed by atoms with van der Waals surface area (Å²) < 4.78 is 5.62. The molecule has 88 valence electrons. The summed E-state index contributed by atoms with van der Waals surface area (Å²) in [5.74, 6) is 0.868. The van der Waals surface area contributed by atoms with E-state index >= 15 is 0 Å². The molecule has 0 aromatic heterocycles. The Kier molecular flexibility index (Phi) is 4.04. The van der Waals surface area contributed by atoms with Crippen molar-refractivity contribution < 1.29 is 4.74 Å². The van der Waals surface area contributed by atoms with E-state index in [1.54, 1.807) is 0 Å². The van der Waals surface area contributed by atoms with Gasteiger partial charge in [0.2, 0.25) is 0 Å². The molecule has 0 radical (unpaired) electrons. The van der Waals surface area contributed by atoms with E-state index in [0.717, 1.165) is 36.8 Å². The van der Waals surface area contributed by atoms with Gasteiger partial charge in [-0.2, -0.15) is 0 Å². The van der Waals surface area contributed by atoms with Gasteiger partial charge in [0.1, 0.15) is 12.4 Å². The second kappa shape index (κ2) is 5.53. The van der Waals surface area contributed by atoms with Gasteiger partial charge in [0.25, 0.3) is 0 Å². The first-order valence-electron chi connectivity index (χ1n) is 5.60. The van der Waals surface area contributed by atoms with Crippen LogP contribution in [0, 0.1) is 0 Å². The minimum absolute atomic E-state index is 0.343. The van der Waals surface area contributed by atoms with Crippen molar-refractivity contribution in [3.63, 3.8) is 0 Å². The summed E-state index contributed by atoms with van der Waals surface area (Å²) in [6.07, 6.45) is 1.10. The lowest BCUT2D eigenvalue weighted by Gasteiger charge is -2.15. The van der Waals surface area contributed by atoms with Crippen LogP contribution in [-0.4, -0.2) is 37.2 Å². The van der Waals surface area contributed by atoms with Crippen molar-refractivity contribution in [3.8, 4) is 5.75 Å². The highest BCUT2D eigenvalue weighted by Gasteiger charge is 2.18. The Morgan fingerprint density at radius 3 is 2.75 bits per heavy atom. The van der Waals surface area contributed by atoms with Crippen molar-refractivity contribution >= 4 is 11.6 Å². The molecule has 0 amide bonds. The van der Waals surface area contributed by atoms with E-state index in [1.807, 2.05) is 24.3 Å². The molecule has 1 fully saturated rings. The molecule has 1 saturated heterocycles. The fourth-order valence-corrected chi connectivity index (χ4v) is 2.02. The molecule has 3 nitrogen and oxygen atoms in total. The van der Waals surface area contributed by atoms with E-state index in [2.05, 4.69) is 4.90 Å². The van der Waals surface area contributed by atoms with E-state index in [4.69, 9.17) is 22.1 Å². The highest BCUT2D eigenvalue weighted by atomic mass is 35.5. The molecule has 2 rings (SSSR count). The van der Waals surface area contributed by atoms with Gasteiger partial charge in [-0.3, -0.25) is 4.90 Å². The second-order valence-electron chi connectivity index (χ2n) is 4.15. The van der Waals surface area contributed by atoms with Gasteiger partial charge in [0, 0.05) is 24.2 Å². The smallest absolute Gasteiger partial charge is 0.119 e. The van der Waals surface area contributed by atoms with Crippen molar-refractivity contribution in [3.05, 3.63) is 29.3 Å². The summed E-state index contributed by atoms with van der Waals surface area (Å²) in [5, 5.41) is 0.734. The molecule has 4 heteroatoms. The fourth-order valence-electron chi connectivity index (χ4n) is 1.89. The molecule has 1 aliphatic rings. The lowest BCUT2D eigenvalue weighted by Crippen LogP contribution is -2.29. The zero-order valence-corrected chi connectivity index (χ0v) is 9.99. The third kappa shape index (κ3) is 3.37. The van der Waals surface area contributed by atoms with Gasteiger partial charge in [-0.1, -0.05) is 11.6 Å². The predicted molar refractivity (Wildman–Crippen MR) is 66.0 cm³/mol. The van der Waals surface area contributed by atoms with Gasteiger partial charge in [0.05, 0.1) is 0 Å². The maximum Gasteiger partial charge on any atom is 0.119 e. The Balaban J connectivity index is 1.70. The number of likely N-dealkylation sites (tertiary alicyclic amines) is 1. The SMILES string of the molecule is NC1CCN(CCOc2ccc(Cl)cc2)C1. The van der Waals surface area contributed by atoms with Crippen LogP contribution in [0.1, 0.15) is 6.42 Å². The van der Waals surface area contributed by atoms with Gasteiger partial charge >= 0.3 is 0 Å². The van der Waals surface area contributed by atoms with Crippen molar-refractivity contribution in [2.75, 3.05) is 26.2 Å². The quantitative estimate of drug-likeness (QED) is 0.872. The number of hydrogen-bond acceptors (Lipinski definition) is 3. The molecule has 1 aromatic carbocycles. The van der Waals surface area contributed by atoms with Gasteiger partial charge in [0.15, 0.2) is 0 Å². The predicted octanol–water partition coefficient (Wildman–Crippen LogP) is 1.75. The number of nitrogens with zero attached hydrogens (tertiary/aromatic N) is 1. The van der Waals surface area contributed by atoms with Crippen molar-refractivity contribution in [2.45, 2.75) is 12.5 Å². The van der Waals surface area contributed by atoms with Crippen molar-refractivity contribution in [2.24, 2.45) is 5.73 Å². The first kappa shape index (κ1) is 11.7. The molecule has 1 atom stereocenters. The van der Waals surface area contributed by atoms with Crippen LogP contribution in [0.4, 0.5) is 0 Å². The third-order valence-corrected chi connectivity index (χ3v) is 3.05. The molecule has 1 aromatic rings. The average molecular weight is 241 g/mol. The van der Waals surface area contributed by atoms with E-state index in [1.165, 1.54) is 0 Å². The monoisotopic (exact) mass is 240 g/mol. The molecule has 1 unspecified atom stereocenters. The highest BCUT2D eigenvalue weighted by molar-refractivity contribution is 6.30. The highest BCUT2D eigenvalue weighted by Crippen LogP contribution is 2.15. The third-order valence-electron chi connectivity index (χ3n) is 2.80. The van der Waals surface area contributed by atoms with Crippen LogP contribution in [0.3, 0.4) is 0 Å². The van der Waals surface area contributed by atoms with Crippen LogP contribution in [0.2, 0.25) is 5.02 Å². The van der Waals surface area contributed by atoms with Crippen LogP contribution in [-0.2, 0) is 0 Å². The standard InChI is InChI=1S/C12H17ClN2O/c13-10-1-3-12(4-2-10)16-8-7-15-6-5-11(14)9-15/h1-4,11H,5-9,14H2. The molecule has 0 aliphatic carbocycles. The first-order valence-corrected chi connectivity index (χ1v) is 5.98. The average Bonchev–Trinajstić information content (AvgIpc) is 2.67. The van der Waals surface area contributed by atoms with Gasteiger partial charge < -0.3 is 10.5 Å². The molecule has 16 heavy (non-hydrogen) atoms. The zero-order valence-electron chi connectivity index (χ0n) is 9.23. The normalized spacial score (nSPS) is 21.2. The summed E-state index contributed by atoms with van der Waals surface area (Å²) in [5.41, 5.74) is 5.83. The molecule has 1 aliphatic heterocycles. The lowest BCUT2D eigenvalue weighted by molar-refractivity contribution is 0.236. The van der Waals surface area contributed by atoms with Crippen LogP contribution in [0.5, 0.6) is 5.75 Å². The molecule has 2 N–H and O–H groups in total. The number of rotatable bonds is 4. The maximum absolute atomic E-state index is 5.83. The topological polar surface area (TPSA) is 38.5 Å². The first-order chi connectivity index (χ1) is 7.74. The van der Waals surface area contributed by atoms with E-state index in [-0.39, 0.29) is 0 Å². The Morgan fingerprint density at radius 2 is 2.12 bits per heavy atom. The van der Waals surface area contributed by atoms with Crippen LogP contribution in [0.25, 0.3) is 0 Å². The maximum atomic E-state index is 5.83. The fraction of sp³-hybridized carbons (Fsp3) is 0.500.